The fourth-order valence-electron chi connectivity index (χ4n) is 1.54. The number of hydrogen-bond donors (Lipinski definition) is 2. The van der Waals surface area contributed by atoms with E-state index in [1.807, 2.05) is 0 Å². The molecule has 2 N–H and O–H groups in total. The number of hydrogen-bond acceptors (Lipinski definition) is 4. The lowest BCUT2D eigenvalue weighted by atomic mass is 10.1. The van der Waals surface area contributed by atoms with Crippen molar-refractivity contribution in [1.82, 2.24) is 4.90 Å². The Labute approximate surface area is 119 Å². The van der Waals surface area contributed by atoms with Crippen molar-refractivity contribution < 1.29 is 29.3 Å². The normalized spacial score (nSPS) is 9.90. The van der Waals surface area contributed by atoms with Crippen molar-refractivity contribution in [3.63, 3.8) is 0 Å². The smallest absolute Gasteiger partial charge is 0.323 e. The molecule has 0 saturated heterocycles. The molecular weight excluding hydrogens is 290 g/mol. The molecular formula is C12H12ClNO6. The molecule has 8 heteroatoms. The Morgan fingerprint density at radius 1 is 1.20 bits per heavy atom. The second-order valence-electron chi connectivity index (χ2n) is 3.79. The van der Waals surface area contributed by atoms with Gasteiger partial charge in [0.25, 0.3) is 5.91 Å². The Balaban J connectivity index is 3.10. The average molecular weight is 302 g/mol. The van der Waals surface area contributed by atoms with Gasteiger partial charge in [-0.1, -0.05) is 11.6 Å². The summed E-state index contributed by atoms with van der Waals surface area (Å²) in [5, 5.41) is 17.8. The lowest BCUT2D eigenvalue weighted by Crippen LogP contribution is -2.39. The lowest BCUT2D eigenvalue weighted by Gasteiger charge is -2.19. The quantitative estimate of drug-likeness (QED) is 0.811. The first-order chi connectivity index (χ1) is 9.35. The van der Waals surface area contributed by atoms with Gasteiger partial charge in [-0.25, -0.2) is 0 Å². The maximum absolute atomic E-state index is 12.2. The molecule has 0 aliphatic rings. The van der Waals surface area contributed by atoms with Gasteiger partial charge < -0.3 is 19.8 Å². The van der Waals surface area contributed by atoms with Crippen LogP contribution >= 0.6 is 11.6 Å². The average Bonchev–Trinajstić information content (AvgIpc) is 2.35. The summed E-state index contributed by atoms with van der Waals surface area (Å²) in [5.41, 5.74) is 0.0411. The van der Waals surface area contributed by atoms with E-state index in [4.69, 9.17) is 26.6 Å². The fourth-order valence-corrected chi connectivity index (χ4v) is 1.70. The molecule has 0 spiro atoms. The topological polar surface area (TPSA) is 104 Å². The van der Waals surface area contributed by atoms with E-state index in [1.54, 1.807) is 0 Å². The monoisotopic (exact) mass is 301 g/mol. The van der Waals surface area contributed by atoms with E-state index in [-0.39, 0.29) is 11.3 Å². The maximum Gasteiger partial charge on any atom is 0.323 e. The van der Waals surface area contributed by atoms with Crippen LogP contribution in [0.1, 0.15) is 10.4 Å². The predicted octanol–water partition coefficient (Wildman–Crippen LogP) is 0.960. The summed E-state index contributed by atoms with van der Waals surface area (Å²) < 4.78 is 4.98. The van der Waals surface area contributed by atoms with Crippen LogP contribution in [-0.4, -0.2) is 53.2 Å². The minimum Gasteiger partial charge on any atom is -0.496 e. The summed E-state index contributed by atoms with van der Waals surface area (Å²) in [7, 11) is 1.32. The van der Waals surface area contributed by atoms with E-state index in [1.165, 1.54) is 25.3 Å². The lowest BCUT2D eigenvalue weighted by molar-refractivity contribution is -0.140. The number of carboxylic acids is 2. The maximum atomic E-state index is 12.2. The molecule has 20 heavy (non-hydrogen) atoms. The Hall–Kier alpha value is -2.28. The van der Waals surface area contributed by atoms with Crippen molar-refractivity contribution in [3.8, 4) is 5.75 Å². The van der Waals surface area contributed by atoms with Crippen LogP contribution in [0.2, 0.25) is 5.02 Å². The number of methoxy groups -OCH3 is 1. The highest BCUT2D eigenvalue weighted by molar-refractivity contribution is 6.30. The molecule has 0 bridgehead atoms. The van der Waals surface area contributed by atoms with E-state index in [0.717, 1.165) is 0 Å². The molecule has 0 atom stereocenters. The number of nitrogens with zero attached hydrogens (tertiary/aromatic N) is 1. The number of halogens is 1. The zero-order valence-electron chi connectivity index (χ0n) is 10.5. The van der Waals surface area contributed by atoms with Crippen LogP contribution in [0.4, 0.5) is 0 Å². The van der Waals surface area contributed by atoms with E-state index in [2.05, 4.69) is 0 Å². The number of carbonyl (C=O) groups is 3. The number of benzene rings is 1. The number of ether oxygens (including phenoxy) is 1. The third-order valence-corrected chi connectivity index (χ3v) is 2.57. The number of rotatable bonds is 6. The van der Waals surface area contributed by atoms with Crippen molar-refractivity contribution in [2.45, 2.75) is 0 Å². The molecule has 0 aliphatic heterocycles. The Morgan fingerprint density at radius 2 is 1.75 bits per heavy atom. The van der Waals surface area contributed by atoms with Gasteiger partial charge in [-0.15, -0.1) is 0 Å². The summed E-state index contributed by atoms with van der Waals surface area (Å²) in [5.74, 6) is -3.24. The van der Waals surface area contributed by atoms with Gasteiger partial charge in [-0.2, -0.15) is 0 Å². The zero-order valence-corrected chi connectivity index (χ0v) is 11.3. The third-order valence-electron chi connectivity index (χ3n) is 2.33. The Bertz CT molecular complexity index is 529. The predicted molar refractivity (Wildman–Crippen MR) is 69.2 cm³/mol. The number of carbonyl (C=O) groups excluding carboxylic acids is 1. The molecule has 0 aliphatic carbocycles. The summed E-state index contributed by atoms with van der Waals surface area (Å²) >= 11 is 5.76. The van der Waals surface area contributed by atoms with Crippen LogP contribution in [0.25, 0.3) is 0 Å². The minimum absolute atomic E-state index is 0.0411. The number of amides is 1. The second kappa shape index (κ2) is 6.76. The second-order valence-corrected chi connectivity index (χ2v) is 4.23. The van der Waals surface area contributed by atoms with Crippen molar-refractivity contribution in [1.29, 1.82) is 0 Å². The first-order valence-corrected chi connectivity index (χ1v) is 5.79. The molecule has 108 valence electrons. The standard InChI is InChI=1S/C12H12ClNO6/c1-20-9-4-7(13)2-3-8(9)12(19)14(5-10(15)16)6-11(17)18/h2-4H,5-6H2,1H3,(H,15,16)(H,17,18). The van der Waals surface area contributed by atoms with E-state index in [0.29, 0.717) is 9.92 Å². The highest BCUT2D eigenvalue weighted by Crippen LogP contribution is 2.24. The molecule has 7 nitrogen and oxygen atoms in total. The molecule has 1 rings (SSSR count). The molecule has 0 heterocycles. The van der Waals surface area contributed by atoms with Crippen molar-refractivity contribution in [3.05, 3.63) is 28.8 Å². The van der Waals surface area contributed by atoms with Crippen molar-refractivity contribution in [2.24, 2.45) is 0 Å². The van der Waals surface area contributed by atoms with Crippen molar-refractivity contribution >= 4 is 29.4 Å². The molecule has 1 aromatic carbocycles. The van der Waals surface area contributed by atoms with Gasteiger partial charge in [0, 0.05) is 5.02 Å². The first kappa shape index (κ1) is 15.8. The van der Waals surface area contributed by atoms with Gasteiger partial charge in [0.1, 0.15) is 18.8 Å². The molecule has 0 aromatic heterocycles. The molecule has 1 amide bonds. The number of aliphatic carboxylic acids is 2. The van der Waals surface area contributed by atoms with E-state index >= 15 is 0 Å². The van der Waals surface area contributed by atoms with Crippen LogP contribution in [0.3, 0.4) is 0 Å². The Kier molecular flexibility index (Phi) is 5.33. The summed E-state index contributed by atoms with van der Waals surface area (Å²) in [6, 6.07) is 4.16. The first-order valence-electron chi connectivity index (χ1n) is 5.41. The SMILES string of the molecule is COc1cc(Cl)ccc1C(=O)N(CC(=O)O)CC(=O)O. The van der Waals surface area contributed by atoms with Gasteiger partial charge in [-0.05, 0) is 18.2 Å². The molecule has 0 unspecified atom stereocenters. The number of carboxylic acid groups (broad SMARTS) is 2. The Morgan fingerprint density at radius 3 is 2.20 bits per heavy atom. The highest BCUT2D eigenvalue weighted by atomic mass is 35.5. The van der Waals surface area contributed by atoms with E-state index < -0.39 is 30.9 Å². The van der Waals surface area contributed by atoms with Gasteiger partial charge in [0.2, 0.25) is 0 Å². The molecule has 0 saturated carbocycles. The highest BCUT2D eigenvalue weighted by Gasteiger charge is 2.23. The van der Waals surface area contributed by atoms with Gasteiger partial charge >= 0.3 is 11.9 Å². The van der Waals surface area contributed by atoms with Crippen molar-refractivity contribution in [2.75, 3.05) is 20.2 Å². The van der Waals surface area contributed by atoms with Crippen LogP contribution < -0.4 is 4.74 Å². The van der Waals surface area contributed by atoms with Crippen LogP contribution in [0.5, 0.6) is 5.75 Å². The molecule has 1 aromatic rings. The van der Waals surface area contributed by atoms with E-state index in [9.17, 15) is 14.4 Å². The van der Waals surface area contributed by atoms with Crippen LogP contribution in [0.15, 0.2) is 18.2 Å². The van der Waals surface area contributed by atoms with Gasteiger partial charge in [0.15, 0.2) is 0 Å². The van der Waals surface area contributed by atoms with Crippen LogP contribution in [-0.2, 0) is 9.59 Å². The third kappa shape index (κ3) is 4.13. The summed E-state index contributed by atoms with van der Waals surface area (Å²) in [6.07, 6.45) is 0. The largest absolute Gasteiger partial charge is 0.496 e. The molecule has 0 radical (unpaired) electrons. The fraction of sp³-hybridized carbons (Fsp3) is 0.250. The van der Waals surface area contributed by atoms with Crippen LogP contribution in [0, 0.1) is 0 Å². The molecule has 0 fully saturated rings. The minimum atomic E-state index is -1.31. The van der Waals surface area contributed by atoms with Gasteiger partial charge in [0.05, 0.1) is 12.7 Å². The zero-order chi connectivity index (χ0) is 15.3. The summed E-state index contributed by atoms with van der Waals surface area (Å²) in [4.78, 5) is 34.3. The van der Waals surface area contributed by atoms with Gasteiger partial charge in [-0.3, -0.25) is 14.4 Å². The summed E-state index contributed by atoms with van der Waals surface area (Å²) in [6.45, 7) is -1.45.